The van der Waals surface area contributed by atoms with Gasteiger partial charge >= 0.3 is 0 Å². The van der Waals surface area contributed by atoms with Gasteiger partial charge < -0.3 is 10.1 Å². The first-order valence-corrected chi connectivity index (χ1v) is 8.84. The maximum atomic E-state index is 6.04. The second-order valence-electron chi connectivity index (χ2n) is 6.61. The summed E-state index contributed by atoms with van der Waals surface area (Å²) in [5, 5.41) is 4.45. The number of pyridine rings is 1. The lowest BCUT2D eigenvalue weighted by Crippen LogP contribution is -1.95. The van der Waals surface area contributed by atoms with E-state index in [4.69, 9.17) is 9.72 Å². The van der Waals surface area contributed by atoms with Crippen molar-refractivity contribution in [1.82, 2.24) is 4.98 Å². The van der Waals surface area contributed by atoms with Crippen molar-refractivity contribution < 1.29 is 4.74 Å². The highest BCUT2D eigenvalue weighted by molar-refractivity contribution is 5.94. The summed E-state index contributed by atoms with van der Waals surface area (Å²) in [5.74, 6) is 1.31. The molecule has 0 spiro atoms. The number of rotatable bonds is 2. The number of anilines is 2. The summed E-state index contributed by atoms with van der Waals surface area (Å²) in [4.78, 5) is 9.28. The van der Waals surface area contributed by atoms with Crippen LogP contribution in [-0.2, 0) is 0 Å². The van der Waals surface area contributed by atoms with Gasteiger partial charge in [0.2, 0.25) is 5.88 Å². The topological polar surface area (TPSA) is 46.5 Å². The number of para-hydroxylation sites is 1. The zero-order valence-electron chi connectivity index (χ0n) is 14.8. The number of nitrogens with one attached hydrogen (secondary N) is 1. The van der Waals surface area contributed by atoms with Gasteiger partial charge in [0.1, 0.15) is 5.69 Å². The number of ether oxygens (including phenoxy) is 1. The van der Waals surface area contributed by atoms with Crippen LogP contribution in [0, 0.1) is 6.92 Å². The van der Waals surface area contributed by atoms with Crippen LogP contribution < -0.4 is 10.1 Å². The number of aromatic nitrogens is 1. The molecular weight excluding hydrogens is 334 g/mol. The third-order valence-electron chi connectivity index (χ3n) is 4.53. The number of aliphatic imine (C=N–C) groups is 1. The summed E-state index contributed by atoms with van der Waals surface area (Å²) in [6.07, 6.45) is 1.82. The summed E-state index contributed by atoms with van der Waals surface area (Å²) >= 11 is 0. The molecule has 3 aromatic carbocycles. The molecule has 1 aliphatic heterocycles. The summed E-state index contributed by atoms with van der Waals surface area (Å²) in [6, 6.07) is 24.3. The molecule has 0 saturated carbocycles. The van der Waals surface area contributed by atoms with Gasteiger partial charge in [-0.1, -0.05) is 24.3 Å². The second kappa shape index (κ2) is 6.25. The van der Waals surface area contributed by atoms with Gasteiger partial charge in [0.15, 0.2) is 5.75 Å². The average molecular weight is 351 g/mol. The van der Waals surface area contributed by atoms with Gasteiger partial charge in [-0.05, 0) is 61.0 Å². The minimum absolute atomic E-state index is 0.581. The lowest BCUT2D eigenvalue weighted by atomic mass is 10.1. The van der Waals surface area contributed by atoms with Gasteiger partial charge in [-0.2, -0.15) is 0 Å². The van der Waals surface area contributed by atoms with E-state index in [-0.39, 0.29) is 0 Å². The van der Waals surface area contributed by atoms with Crippen LogP contribution in [0.15, 0.2) is 77.8 Å². The quantitative estimate of drug-likeness (QED) is 0.415. The largest absolute Gasteiger partial charge is 0.436 e. The third kappa shape index (κ3) is 3.02. The molecule has 0 bridgehead atoms. The third-order valence-corrected chi connectivity index (χ3v) is 4.53. The Labute approximate surface area is 157 Å². The molecular formula is C23H17N3O. The lowest BCUT2D eigenvalue weighted by Gasteiger charge is -2.10. The maximum Gasteiger partial charge on any atom is 0.228 e. The molecule has 0 atom stereocenters. The number of fused-ring (bicyclic) bond motifs is 3. The Morgan fingerprint density at radius 3 is 2.63 bits per heavy atom. The van der Waals surface area contributed by atoms with Crippen molar-refractivity contribution in [3.8, 4) is 11.6 Å². The molecule has 130 valence electrons. The van der Waals surface area contributed by atoms with Crippen LogP contribution in [0.1, 0.15) is 11.1 Å². The van der Waals surface area contributed by atoms with Crippen LogP contribution in [0.4, 0.5) is 17.1 Å². The normalized spacial score (nSPS) is 12.0. The Bertz CT molecular complexity index is 1180. The van der Waals surface area contributed by atoms with E-state index in [1.54, 1.807) is 0 Å². The number of hydrogen-bond acceptors (Lipinski definition) is 4. The zero-order chi connectivity index (χ0) is 18.2. The van der Waals surface area contributed by atoms with Crippen LogP contribution in [0.2, 0.25) is 0 Å². The Balaban J connectivity index is 1.55. The predicted octanol–water partition coefficient (Wildman–Crippen LogP) is 6.14. The fourth-order valence-electron chi connectivity index (χ4n) is 3.17. The van der Waals surface area contributed by atoms with E-state index in [1.165, 1.54) is 0 Å². The highest BCUT2D eigenvalue weighted by Gasteiger charge is 2.14. The van der Waals surface area contributed by atoms with Crippen LogP contribution in [0.5, 0.6) is 11.6 Å². The SMILES string of the molecule is Cc1ccc2c(c1)N=Cc1cc3cc(Nc4ccccc4)ccc3nc1O2. The van der Waals surface area contributed by atoms with Crippen molar-refractivity contribution in [2.45, 2.75) is 6.92 Å². The molecule has 4 nitrogen and oxygen atoms in total. The summed E-state index contributed by atoms with van der Waals surface area (Å²) in [7, 11) is 0. The number of hydrogen-bond donors (Lipinski definition) is 1. The zero-order valence-corrected chi connectivity index (χ0v) is 14.8. The predicted molar refractivity (Wildman–Crippen MR) is 110 cm³/mol. The molecule has 4 aromatic rings. The number of nitrogens with zero attached hydrogens (tertiary/aromatic N) is 2. The molecule has 5 rings (SSSR count). The molecule has 0 radical (unpaired) electrons. The first-order valence-electron chi connectivity index (χ1n) is 8.84. The Morgan fingerprint density at radius 2 is 1.74 bits per heavy atom. The van der Waals surface area contributed by atoms with Crippen molar-refractivity contribution in [2.24, 2.45) is 4.99 Å². The van der Waals surface area contributed by atoms with Crippen molar-refractivity contribution in [3.05, 3.63) is 83.9 Å². The molecule has 4 heteroatoms. The molecule has 0 saturated heterocycles. The van der Waals surface area contributed by atoms with Gasteiger partial charge in [0.05, 0.1) is 11.1 Å². The van der Waals surface area contributed by atoms with Crippen LogP contribution >= 0.6 is 0 Å². The Hall–Kier alpha value is -3.66. The van der Waals surface area contributed by atoms with Gasteiger partial charge in [-0.25, -0.2) is 4.98 Å². The van der Waals surface area contributed by atoms with E-state index in [2.05, 4.69) is 22.4 Å². The van der Waals surface area contributed by atoms with Crippen LogP contribution in [-0.4, -0.2) is 11.2 Å². The standard InChI is InChI=1S/C23H17N3O/c1-15-7-10-22-21(11-15)24-14-17-12-16-13-19(25-18-5-3-2-4-6-18)8-9-20(16)26-23(17)27-22/h2-14,25H,1H3. The van der Waals surface area contributed by atoms with E-state index < -0.39 is 0 Å². The molecule has 1 aromatic heterocycles. The highest BCUT2D eigenvalue weighted by atomic mass is 16.5. The summed E-state index contributed by atoms with van der Waals surface area (Å²) < 4.78 is 6.04. The second-order valence-corrected chi connectivity index (χ2v) is 6.61. The smallest absolute Gasteiger partial charge is 0.228 e. The average Bonchev–Trinajstić information content (AvgIpc) is 2.86. The van der Waals surface area contributed by atoms with Gasteiger partial charge in [0, 0.05) is 23.0 Å². The fraction of sp³-hybridized carbons (Fsp3) is 0.0435. The lowest BCUT2D eigenvalue weighted by molar-refractivity contribution is 0.467. The molecule has 0 aliphatic carbocycles. The Kier molecular flexibility index (Phi) is 3.61. The molecule has 1 aliphatic rings. The van der Waals surface area contributed by atoms with E-state index in [9.17, 15) is 0 Å². The molecule has 1 N–H and O–H groups in total. The van der Waals surface area contributed by atoms with E-state index in [1.807, 2.05) is 73.8 Å². The number of aryl methyl sites for hydroxylation is 1. The molecule has 27 heavy (non-hydrogen) atoms. The van der Waals surface area contributed by atoms with Gasteiger partial charge in [0.25, 0.3) is 0 Å². The highest BCUT2D eigenvalue weighted by Crippen LogP contribution is 2.36. The van der Waals surface area contributed by atoms with E-state index in [0.29, 0.717) is 5.88 Å². The fourth-order valence-corrected chi connectivity index (χ4v) is 3.17. The van der Waals surface area contributed by atoms with Gasteiger partial charge in [-0.3, -0.25) is 4.99 Å². The minimum Gasteiger partial charge on any atom is -0.436 e. The monoisotopic (exact) mass is 351 g/mol. The van der Waals surface area contributed by atoms with Crippen LogP contribution in [0.3, 0.4) is 0 Å². The number of benzene rings is 3. The summed E-state index contributed by atoms with van der Waals surface area (Å²) in [6.45, 7) is 2.04. The van der Waals surface area contributed by atoms with E-state index >= 15 is 0 Å². The van der Waals surface area contributed by atoms with Crippen molar-refractivity contribution >= 4 is 34.2 Å². The molecule has 0 amide bonds. The Morgan fingerprint density at radius 1 is 0.852 bits per heavy atom. The van der Waals surface area contributed by atoms with Crippen molar-refractivity contribution in [1.29, 1.82) is 0 Å². The molecule has 0 unspecified atom stereocenters. The van der Waals surface area contributed by atoms with Crippen molar-refractivity contribution in [3.63, 3.8) is 0 Å². The minimum atomic E-state index is 0.581. The van der Waals surface area contributed by atoms with Gasteiger partial charge in [-0.15, -0.1) is 0 Å². The molecule has 0 fully saturated rings. The van der Waals surface area contributed by atoms with E-state index in [0.717, 1.165) is 44.8 Å². The summed E-state index contributed by atoms with van der Waals surface area (Å²) in [5.41, 5.74) is 5.79. The molecule has 2 heterocycles. The van der Waals surface area contributed by atoms with Crippen LogP contribution in [0.25, 0.3) is 10.9 Å². The first kappa shape index (κ1) is 15.6. The van der Waals surface area contributed by atoms with Crippen molar-refractivity contribution in [2.75, 3.05) is 5.32 Å². The maximum absolute atomic E-state index is 6.04. The first-order chi connectivity index (χ1) is 13.2.